The van der Waals surface area contributed by atoms with Gasteiger partial charge in [-0.2, -0.15) is 0 Å². The summed E-state index contributed by atoms with van der Waals surface area (Å²) in [5, 5.41) is 0. The second-order valence-corrected chi connectivity index (χ2v) is 9.76. The third kappa shape index (κ3) is 3.52. The first-order valence-electron chi connectivity index (χ1n) is 6.11. The normalized spacial score (nSPS) is 17.1. The molecule has 20 heavy (non-hydrogen) atoms. The Bertz CT molecular complexity index is 704. The van der Waals surface area contributed by atoms with E-state index in [0.717, 1.165) is 12.8 Å². The molecule has 0 aliphatic heterocycles. The highest BCUT2D eigenvalue weighted by Gasteiger charge is 2.40. The molecular weight excluding hydrogens is 322 g/mol. The molecule has 1 fully saturated rings. The summed E-state index contributed by atoms with van der Waals surface area (Å²) >= 11 is 0. The van der Waals surface area contributed by atoms with E-state index in [4.69, 9.17) is 10.7 Å². The Morgan fingerprint density at radius 3 is 1.90 bits per heavy atom. The zero-order chi connectivity index (χ0) is 15.2. The van der Waals surface area contributed by atoms with Crippen molar-refractivity contribution in [3.8, 4) is 0 Å². The van der Waals surface area contributed by atoms with Crippen LogP contribution in [-0.2, 0) is 19.1 Å². The van der Waals surface area contributed by atoms with Gasteiger partial charge in [-0.1, -0.05) is 0 Å². The topological polar surface area (TPSA) is 80.3 Å². The number of nitrogens with one attached hydrogen (secondary N) is 1. The average Bonchev–Trinajstić information content (AvgIpc) is 3.10. The zero-order valence-corrected chi connectivity index (χ0v) is 13.5. The van der Waals surface area contributed by atoms with Crippen LogP contribution < -0.4 is 4.72 Å². The second-order valence-electron chi connectivity index (χ2n) is 5.51. The molecule has 0 atom stereocenters. The maximum absolute atomic E-state index is 12.2. The predicted molar refractivity (Wildman–Crippen MR) is 76.6 cm³/mol. The molecule has 1 N–H and O–H groups in total. The van der Waals surface area contributed by atoms with Gasteiger partial charge in [-0.15, -0.1) is 0 Å². The van der Waals surface area contributed by atoms with Crippen LogP contribution in [0.1, 0.15) is 26.7 Å². The van der Waals surface area contributed by atoms with E-state index in [1.54, 1.807) is 0 Å². The van der Waals surface area contributed by atoms with E-state index < -0.39 is 24.6 Å². The van der Waals surface area contributed by atoms with E-state index >= 15 is 0 Å². The highest BCUT2D eigenvalue weighted by molar-refractivity contribution is 8.13. The fourth-order valence-corrected chi connectivity index (χ4v) is 4.32. The molecule has 1 saturated carbocycles. The number of sulfonamides is 1. The number of halogens is 1. The molecule has 5 nitrogen and oxygen atoms in total. The van der Waals surface area contributed by atoms with Crippen LogP contribution in [0.15, 0.2) is 34.1 Å². The first-order chi connectivity index (χ1) is 9.02. The van der Waals surface area contributed by atoms with Crippen molar-refractivity contribution >= 4 is 29.8 Å². The molecule has 0 radical (unpaired) electrons. The lowest BCUT2D eigenvalue weighted by molar-refractivity contribution is 0.400. The maximum Gasteiger partial charge on any atom is 0.261 e. The van der Waals surface area contributed by atoms with Crippen LogP contribution in [0.25, 0.3) is 0 Å². The average molecular weight is 338 g/mol. The quantitative estimate of drug-likeness (QED) is 0.834. The van der Waals surface area contributed by atoms with Crippen molar-refractivity contribution in [3.63, 3.8) is 0 Å². The molecule has 0 unspecified atom stereocenters. The molecule has 112 valence electrons. The molecule has 0 aromatic heterocycles. The Balaban J connectivity index is 2.26. The van der Waals surface area contributed by atoms with E-state index in [9.17, 15) is 16.8 Å². The molecule has 1 aliphatic rings. The minimum absolute atomic E-state index is 0.0234. The number of rotatable bonds is 5. The molecule has 0 spiro atoms. The lowest BCUT2D eigenvalue weighted by Gasteiger charge is -2.25. The van der Waals surface area contributed by atoms with Crippen LogP contribution in [0, 0.1) is 5.92 Å². The van der Waals surface area contributed by atoms with Crippen molar-refractivity contribution in [2.24, 2.45) is 5.92 Å². The Labute approximate surface area is 123 Å². The molecule has 0 heterocycles. The van der Waals surface area contributed by atoms with Gasteiger partial charge < -0.3 is 0 Å². The largest absolute Gasteiger partial charge is 0.261 e. The summed E-state index contributed by atoms with van der Waals surface area (Å²) in [5.41, 5.74) is -0.504. The van der Waals surface area contributed by atoms with Gasteiger partial charge in [-0.05, 0) is 56.9 Å². The highest BCUT2D eigenvalue weighted by atomic mass is 35.7. The van der Waals surface area contributed by atoms with E-state index in [1.807, 2.05) is 13.8 Å². The van der Waals surface area contributed by atoms with Gasteiger partial charge in [-0.3, -0.25) is 0 Å². The Kier molecular flexibility index (Phi) is 3.92. The third-order valence-electron chi connectivity index (χ3n) is 3.41. The number of hydrogen-bond acceptors (Lipinski definition) is 4. The van der Waals surface area contributed by atoms with E-state index in [2.05, 4.69) is 4.72 Å². The van der Waals surface area contributed by atoms with Crippen LogP contribution in [0.4, 0.5) is 0 Å². The minimum Gasteiger partial charge on any atom is -0.207 e. The van der Waals surface area contributed by atoms with Gasteiger partial charge in [0.1, 0.15) is 0 Å². The SMILES string of the molecule is CC(C)(NS(=O)(=O)c1ccc(S(=O)(=O)Cl)cc1)C1CC1. The fourth-order valence-electron chi connectivity index (χ4n) is 2.07. The molecule has 0 amide bonds. The fraction of sp³-hybridized carbons (Fsp3) is 0.500. The highest BCUT2D eigenvalue weighted by Crippen LogP contribution is 2.39. The second kappa shape index (κ2) is 4.98. The van der Waals surface area contributed by atoms with E-state index in [-0.39, 0.29) is 9.79 Å². The first-order valence-corrected chi connectivity index (χ1v) is 9.90. The van der Waals surface area contributed by atoms with Gasteiger partial charge in [-0.25, -0.2) is 21.6 Å². The summed E-state index contributed by atoms with van der Waals surface area (Å²) in [6, 6.07) is 4.84. The predicted octanol–water partition coefficient (Wildman–Crippen LogP) is 2.08. The molecule has 1 aromatic rings. The monoisotopic (exact) mass is 337 g/mol. The van der Waals surface area contributed by atoms with Gasteiger partial charge in [0.2, 0.25) is 10.0 Å². The van der Waals surface area contributed by atoms with Crippen LogP contribution >= 0.6 is 10.7 Å². The van der Waals surface area contributed by atoms with Gasteiger partial charge in [0.15, 0.2) is 0 Å². The summed E-state index contributed by atoms with van der Waals surface area (Å²) in [4.78, 5) is -0.102. The van der Waals surface area contributed by atoms with Crippen LogP contribution in [0.5, 0.6) is 0 Å². The van der Waals surface area contributed by atoms with Crippen molar-refractivity contribution in [3.05, 3.63) is 24.3 Å². The van der Waals surface area contributed by atoms with Crippen LogP contribution in [-0.4, -0.2) is 22.4 Å². The zero-order valence-electron chi connectivity index (χ0n) is 11.1. The lowest BCUT2D eigenvalue weighted by atomic mass is 10.0. The summed E-state index contributed by atoms with van der Waals surface area (Å²) in [6.07, 6.45) is 2.03. The van der Waals surface area contributed by atoms with Crippen LogP contribution in [0.3, 0.4) is 0 Å². The molecule has 0 bridgehead atoms. The lowest BCUT2D eigenvalue weighted by Crippen LogP contribution is -2.45. The van der Waals surface area contributed by atoms with Crippen LogP contribution in [0.2, 0.25) is 0 Å². The van der Waals surface area contributed by atoms with Crippen molar-refractivity contribution in [2.45, 2.75) is 42.0 Å². The van der Waals surface area contributed by atoms with E-state index in [0.29, 0.717) is 5.92 Å². The Morgan fingerprint density at radius 1 is 1.05 bits per heavy atom. The summed E-state index contributed by atoms with van der Waals surface area (Å²) < 4.78 is 49.4. The Morgan fingerprint density at radius 2 is 1.50 bits per heavy atom. The van der Waals surface area contributed by atoms with Gasteiger partial charge in [0, 0.05) is 16.2 Å². The van der Waals surface area contributed by atoms with Crippen molar-refractivity contribution in [2.75, 3.05) is 0 Å². The summed E-state index contributed by atoms with van der Waals surface area (Å²) in [5.74, 6) is 0.347. The molecule has 8 heteroatoms. The first kappa shape index (κ1) is 15.8. The van der Waals surface area contributed by atoms with Crippen molar-refractivity contribution in [1.29, 1.82) is 0 Å². The standard InChI is InChI=1S/C12H16ClNO4S2/c1-12(2,9-3-4-9)14-20(17,18)11-7-5-10(6-8-11)19(13,15)16/h5-9,14H,3-4H2,1-2H3. The summed E-state index contributed by atoms with van der Waals surface area (Å²) in [6.45, 7) is 3.69. The van der Waals surface area contributed by atoms with Gasteiger partial charge >= 0.3 is 0 Å². The third-order valence-corrected chi connectivity index (χ3v) is 6.47. The molecule has 2 rings (SSSR count). The molecule has 0 saturated heterocycles. The van der Waals surface area contributed by atoms with Gasteiger partial charge in [0.25, 0.3) is 9.05 Å². The van der Waals surface area contributed by atoms with E-state index in [1.165, 1.54) is 24.3 Å². The number of benzene rings is 1. The molecule has 1 aromatic carbocycles. The summed E-state index contributed by atoms with van der Waals surface area (Å²) in [7, 11) is -2.33. The molecule has 1 aliphatic carbocycles. The Hall–Kier alpha value is -0.630. The van der Waals surface area contributed by atoms with Crippen molar-refractivity contribution < 1.29 is 16.8 Å². The minimum atomic E-state index is -3.85. The maximum atomic E-state index is 12.2. The smallest absolute Gasteiger partial charge is 0.207 e. The molecular formula is C12H16ClNO4S2. The number of hydrogen-bond donors (Lipinski definition) is 1. The van der Waals surface area contributed by atoms with Crippen molar-refractivity contribution in [1.82, 2.24) is 4.72 Å². The van der Waals surface area contributed by atoms with Gasteiger partial charge in [0.05, 0.1) is 9.79 Å².